The molecule has 1 aromatic carbocycles. The van der Waals surface area contributed by atoms with E-state index in [0.29, 0.717) is 18.8 Å². The Morgan fingerprint density at radius 2 is 2.00 bits per heavy atom. The third-order valence-corrected chi connectivity index (χ3v) is 3.74. The second-order valence-electron chi connectivity index (χ2n) is 6.51. The van der Waals surface area contributed by atoms with E-state index in [-0.39, 0.29) is 17.2 Å². The lowest BCUT2D eigenvalue weighted by atomic mass is 10.0. The summed E-state index contributed by atoms with van der Waals surface area (Å²) in [6, 6.07) is 4.89. The van der Waals surface area contributed by atoms with E-state index >= 15 is 0 Å². The van der Waals surface area contributed by atoms with Crippen molar-refractivity contribution >= 4 is 23.4 Å². The molecule has 1 N–H and O–H groups in total. The molecule has 0 saturated carbocycles. The van der Waals surface area contributed by atoms with Crippen LogP contribution in [-0.2, 0) is 4.74 Å². The summed E-state index contributed by atoms with van der Waals surface area (Å²) in [6.45, 7) is 6.82. The van der Waals surface area contributed by atoms with Crippen molar-refractivity contribution in [1.29, 1.82) is 0 Å². The number of nitrogens with zero attached hydrogens (tertiary/aromatic N) is 1. The normalized spacial score (nSPS) is 16.5. The van der Waals surface area contributed by atoms with Gasteiger partial charge in [0, 0.05) is 24.8 Å². The number of benzene rings is 1. The van der Waals surface area contributed by atoms with Crippen molar-refractivity contribution in [3.63, 3.8) is 0 Å². The van der Waals surface area contributed by atoms with Gasteiger partial charge in [0.1, 0.15) is 11.4 Å². The molecular weight excluding hydrogens is 307 g/mol. The van der Waals surface area contributed by atoms with Crippen molar-refractivity contribution < 1.29 is 13.9 Å². The Morgan fingerprint density at radius 1 is 1.36 bits per heavy atom. The summed E-state index contributed by atoms with van der Waals surface area (Å²) >= 11 is 5.67. The summed E-state index contributed by atoms with van der Waals surface area (Å²) in [5.74, 6) is -0.433. The molecule has 22 heavy (non-hydrogen) atoms. The average Bonchev–Trinajstić information content (AvgIpc) is 2.42. The highest BCUT2D eigenvalue weighted by atomic mass is 35.5. The smallest absolute Gasteiger partial charge is 0.410 e. The van der Waals surface area contributed by atoms with E-state index in [1.54, 1.807) is 11.0 Å². The Labute approximate surface area is 135 Å². The van der Waals surface area contributed by atoms with E-state index in [9.17, 15) is 9.18 Å². The summed E-state index contributed by atoms with van der Waals surface area (Å²) < 4.78 is 18.8. The number of nitrogens with one attached hydrogen (secondary N) is 1. The number of halogens is 2. The Bertz CT molecular complexity index is 537. The number of carbonyl (C=O) groups excluding carboxylic acids is 1. The van der Waals surface area contributed by atoms with Crippen LogP contribution in [0.3, 0.4) is 0 Å². The molecule has 1 amide bonds. The molecule has 0 aromatic heterocycles. The molecule has 2 rings (SSSR count). The number of anilines is 1. The highest BCUT2D eigenvalue weighted by molar-refractivity contribution is 6.30. The predicted molar refractivity (Wildman–Crippen MR) is 85.9 cm³/mol. The summed E-state index contributed by atoms with van der Waals surface area (Å²) in [4.78, 5) is 13.7. The van der Waals surface area contributed by atoms with Crippen molar-refractivity contribution in [2.45, 2.75) is 45.3 Å². The van der Waals surface area contributed by atoms with Gasteiger partial charge in [-0.1, -0.05) is 11.6 Å². The molecule has 1 saturated heterocycles. The predicted octanol–water partition coefficient (Wildman–Crippen LogP) is 4.29. The van der Waals surface area contributed by atoms with Gasteiger partial charge in [0.2, 0.25) is 0 Å². The van der Waals surface area contributed by atoms with Crippen LogP contribution in [0.5, 0.6) is 0 Å². The molecule has 6 heteroatoms. The third kappa shape index (κ3) is 4.77. The fourth-order valence-corrected chi connectivity index (χ4v) is 2.47. The summed E-state index contributed by atoms with van der Waals surface area (Å²) in [5, 5.41) is 3.40. The topological polar surface area (TPSA) is 41.6 Å². The summed E-state index contributed by atoms with van der Waals surface area (Å²) in [5.41, 5.74) is 0.227. The van der Waals surface area contributed by atoms with Gasteiger partial charge >= 0.3 is 6.09 Å². The molecular formula is C16H22ClFN2O2. The van der Waals surface area contributed by atoms with Gasteiger partial charge in [-0.05, 0) is 51.8 Å². The number of hydrogen-bond acceptors (Lipinski definition) is 3. The molecule has 0 bridgehead atoms. The maximum Gasteiger partial charge on any atom is 0.410 e. The van der Waals surface area contributed by atoms with Crippen LogP contribution in [0.2, 0.25) is 5.02 Å². The minimum absolute atomic E-state index is 0.116. The van der Waals surface area contributed by atoms with E-state index in [2.05, 4.69) is 5.32 Å². The number of carbonyl (C=O) groups is 1. The van der Waals surface area contributed by atoms with E-state index < -0.39 is 11.4 Å². The first kappa shape index (κ1) is 16.9. The Morgan fingerprint density at radius 3 is 2.55 bits per heavy atom. The van der Waals surface area contributed by atoms with E-state index in [1.165, 1.54) is 12.1 Å². The Hall–Kier alpha value is -1.49. The van der Waals surface area contributed by atoms with Crippen LogP contribution >= 0.6 is 11.6 Å². The molecule has 0 atom stereocenters. The van der Waals surface area contributed by atoms with Gasteiger partial charge in [-0.25, -0.2) is 9.18 Å². The van der Waals surface area contributed by atoms with Crippen LogP contribution in [0.15, 0.2) is 18.2 Å². The lowest BCUT2D eigenvalue weighted by Gasteiger charge is -2.34. The van der Waals surface area contributed by atoms with Gasteiger partial charge in [-0.15, -0.1) is 0 Å². The number of piperidine rings is 1. The van der Waals surface area contributed by atoms with Gasteiger partial charge < -0.3 is 15.0 Å². The highest BCUT2D eigenvalue weighted by Crippen LogP contribution is 2.22. The molecule has 1 aliphatic heterocycles. The number of ether oxygens (including phenoxy) is 1. The van der Waals surface area contributed by atoms with Crippen LogP contribution in [0, 0.1) is 5.82 Å². The van der Waals surface area contributed by atoms with Crippen molar-refractivity contribution in [2.24, 2.45) is 0 Å². The number of hydrogen-bond donors (Lipinski definition) is 1. The zero-order valence-corrected chi connectivity index (χ0v) is 13.9. The van der Waals surface area contributed by atoms with E-state index in [0.717, 1.165) is 12.8 Å². The number of rotatable bonds is 2. The summed E-state index contributed by atoms with van der Waals surface area (Å²) in [7, 11) is 0. The van der Waals surface area contributed by atoms with E-state index in [1.807, 2.05) is 20.8 Å². The molecule has 122 valence electrons. The molecule has 1 aromatic rings. The van der Waals surface area contributed by atoms with Crippen LogP contribution in [0.4, 0.5) is 14.9 Å². The molecule has 0 aliphatic carbocycles. The quantitative estimate of drug-likeness (QED) is 0.880. The van der Waals surface area contributed by atoms with Crippen molar-refractivity contribution in [3.8, 4) is 0 Å². The zero-order valence-electron chi connectivity index (χ0n) is 13.2. The monoisotopic (exact) mass is 328 g/mol. The maximum absolute atomic E-state index is 13.4. The van der Waals surface area contributed by atoms with Gasteiger partial charge in [-0.2, -0.15) is 0 Å². The van der Waals surface area contributed by atoms with E-state index in [4.69, 9.17) is 16.3 Å². The van der Waals surface area contributed by atoms with Gasteiger partial charge in [0.25, 0.3) is 0 Å². The van der Waals surface area contributed by atoms with Crippen LogP contribution in [0.25, 0.3) is 0 Å². The molecule has 0 unspecified atom stereocenters. The summed E-state index contributed by atoms with van der Waals surface area (Å²) in [6.07, 6.45) is 1.32. The minimum atomic E-state index is -0.479. The third-order valence-electron chi connectivity index (χ3n) is 3.44. The second kappa shape index (κ2) is 6.73. The first-order valence-electron chi connectivity index (χ1n) is 7.44. The fourth-order valence-electron chi connectivity index (χ4n) is 2.35. The maximum atomic E-state index is 13.4. The zero-order chi connectivity index (χ0) is 16.3. The van der Waals surface area contributed by atoms with Crippen LogP contribution in [0.1, 0.15) is 33.6 Å². The van der Waals surface area contributed by atoms with Crippen LogP contribution < -0.4 is 5.32 Å². The van der Waals surface area contributed by atoms with Gasteiger partial charge in [0.05, 0.1) is 5.02 Å². The second-order valence-corrected chi connectivity index (χ2v) is 6.92. The van der Waals surface area contributed by atoms with Gasteiger partial charge in [0.15, 0.2) is 0 Å². The van der Waals surface area contributed by atoms with Crippen molar-refractivity contribution in [3.05, 3.63) is 29.0 Å². The average molecular weight is 329 g/mol. The first-order valence-corrected chi connectivity index (χ1v) is 7.82. The van der Waals surface area contributed by atoms with Gasteiger partial charge in [-0.3, -0.25) is 0 Å². The van der Waals surface area contributed by atoms with Crippen molar-refractivity contribution in [2.75, 3.05) is 18.4 Å². The highest BCUT2D eigenvalue weighted by Gasteiger charge is 2.26. The van der Waals surface area contributed by atoms with Crippen LogP contribution in [-0.4, -0.2) is 35.7 Å². The molecule has 1 fully saturated rings. The van der Waals surface area contributed by atoms with Crippen molar-refractivity contribution in [1.82, 2.24) is 4.90 Å². The molecule has 1 aliphatic rings. The Kier molecular flexibility index (Phi) is 5.16. The molecule has 4 nitrogen and oxygen atoms in total. The molecule has 1 heterocycles. The first-order chi connectivity index (χ1) is 10.2. The SMILES string of the molecule is CC(C)(C)OC(=O)N1CCC(Nc2ccc(Cl)c(F)c2)CC1. The number of amides is 1. The fraction of sp³-hybridized carbons (Fsp3) is 0.562. The molecule has 0 radical (unpaired) electrons. The Balaban J connectivity index is 1.84. The lowest BCUT2D eigenvalue weighted by molar-refractivity contribution is 0.0210. The number of likely N-dealkylation sites (tertiary alicyclic amines) is 1. The standard InChI is InChI=1S/C16H22ClFN2O2/c1-16(2,3)22-15(21)20-8-6-11(7-9-20)19-12-4-5-13(17)14(18)10-12/h4-5,10-11,19H,6-9H2,1-3H3. The lowest BCUT2D eigenvalue weighted by Crippen LogP contribution is -2.44. The largest absolute Gasteiger partial charge is 0.444 e. The molecule has 0 spiro atoms. The minimum Gasteiger partial charge on any atom is -0.444 e.